The lowest BCUT2D eigenvalue weighted by atomic mass is 10.1. The van der Waals surface area contributed by atoms with E-state index in [-0.39, 0.29) is 35.8 Å². The predicted molar refractivity (Wildman–Crippen MR) is 167 cm³/mol. The third-order valence-electron chi connectivity index (χ3n) is 9.01. The molecule has 2 amide bonds. The first-order chi connectivity index (χ1) is 22.3. The Balaban J connectivity index is 1.20. The number of ether oxygens (including phenoxy) is 1. The first kappa shape index (κ1) is 29.8. The zero-order valence-corrected chi connectivity index (χ0v) is 25.9. The van der Waals surface area contributed by atoms with Gasteiger partial charge in [-0.15, -0.1) is 5.10 Å². The Kier molecular flexibility index (Phi) is 7.89. The second-order valence-corrected chi connectivity index (χ2v) is 12.0. The molecule has 1 atom stereocenters. The Morgan fingerprint density at radius 1 is 1.13 bits per heavy atom. The van der Waals surface area contributed by atoms with Gasteiger partial charge in [-0.3, -0.25) is 19.1 Å². The molecule has 1 N–H and O–H groups in total. The molecule has 2 aliphatic heterocycles. The van der Waals surface area contributed by atoms with Crippen LogP contribution in [0.1, 0.15) is 46.3 Å². The van der Waals surface area contributed by atoms with Crippen LogP contribution in [0, 0.1) is 5.82 Å². The maximum atomic E-state index is 14.2. The molecule has 7 rings (SSSR count). The lowest BCUT2D eigenvalue weighted by Gasteiger charge is -2.36. The van der Waals surface area contributed by atoms with Crippen molar-refractivity contribution in [3.05, 3.63) is 81.0 Å². The molecule has 4 aromatic rings. The summed E-state index contributed by atoms with van der Waals surface area (Å²) in [6, 6.07) is 4.59. The third kappa shape index (κ3) is 5.57. The van der Waals surface area contributed by atoms with Crippen LogP contribution in [0.25, 0.3) is 11.4 Å². The number of carbonyl (C=O) groups excluding carboxylic acids is 2. The Labute approximate surface area is 264 Å². The molecular weight excluding hydrogens is 593 g/mol. The molecule has 5 heterocycles. The van der Waals surface area contributed by atoms with Crippen LogP contribution in [-0.4, -0.2) is 91.1 Å². The van der Waals surface area contributed by atoms with Gasteiger partial charge in [-0.25, -0.2) is 4.39 Å². The van der Waals surface area contributed by atoms with Gasteiger partial charge in [0.15, 0.2) is 5.82 Å². The van der Waals surface area contributed by atoms with E-state index < -0.39 is 0 Å². The summed E-state index contributed by atoms with van der Waals surface area (Å²) < 4.78 is 23.9. The monoisotopic (exact) mass is 629 g/mol. The Bertz CT molecular complexity index is 1920. The third-order valence-corrected chi connectivity index (χ3v) is 9.01. The summed E-state index contributed by atoms with van der Waals surface area (Å²) in [5, 5.41) is 11.9. The summed E-state index contributed by atoms with van der Waals surface area (Å²) in [4.78, 5) is 49.3. The highest BCUT2D eigenvalue weighted by Gasteiger charge is 2.30. The predicted octanol–water partition coefficient (Wildman–Crippen LogP) is 1.38. The van der Waals surface area contributed by atoms with Crippen molar-refractivity contribution in [1.29, 1.82) is 0 Å². The fourth-order valence-electron chi connectivity index (χ4n) is 6.75. The van der Waals surface area contributed by atoms with Crippen molar-refractivity contribution in [2.45, 2.75) is 45.2 Å². The van der Waals surface area contributed by atoms with Crippen LogP contribution < -0.4 is 15.8 Å². The van der Waals surface area contributed by atoms with Gasteiger partial charge in [0, 0.05) is 45.5 Å². The summed E-state index contributed by atoms with van der Waals surface area (Å²) in [5.41, 5.74) is 4.17. The van der Waals surface area contributed by atoms with Crippen LogP contribution >= 0.6 is 0 Å². The molecule has 1 unspecified atom stereocenters. The number of halogens is 1. The number of rotatable bonds is 7. The van der Waals surface area contributed by atoms with E-state index in [0.29, 0.717) is 93.6 Å². The number of fused-ring (bicyclic) bond motifs is 2. The molecule has 3 aliphatic rings. The van der Waals surface area contributed by atoms with Crippen molar-refractivity contribution in [2.24, 2.45) is 7.05 Å². The number of hydrogen-bond acceptors (Lipinski definition) is 8. The minimum absolute atomic E-state index is 0.0685. The van der Waals surface area contributed by atoms with Crippen LogP contribution in [0.2, 0.25) is 0 Å². The van der Waals surface area contributed by atoms with Crippen LogP contribution in [0.5, 0.6) is 0 Å². The fraction of sp³-hybridized carbons (Fsp3) is 0.438. The number of hydrogen-bond donors (Lipinski definition) is 1. The standard InChI is InChI=1S/C32H36FN9O4/c1-3-26-28(39-8-10-40(11-9-39)30(44)23-17-34-38(2)18-23)31(45)42-32(36-29(37-42)20-6-12-46-13-7-20)41(26)19-27(43)35-25-15-21-4-5-24(33)14-22(21)16-25/h4-6,14,17-18,25H,3,7-13,15-16,19H2,1-2H3,(H,35,43). The molecular formula is C32H36FN9O4. The molecule has 46 heavy (non-hydrogen) atoms. The lowest BCUT2D eigenvalue weighted by Crippen LogP contribution is -2.51. The molecule has 0 bridgehead atoms. The molecule has 14 heteroatoms. The van der Waals surface area contributed by atoms with Crippen molar-refractivity contribution in [3.63, 3.8) is 0 Å². The summed E-state index contributed by atoms with van der Waals surface area (Å²) >= 11 is 0. The largest absolute Gasteiger partial charge is 0.377 e. The fourth-order valence-corrected chi connectivity index (χ4v) is 6.75. The molecule has 0 radical (unpaired) electrons. The average Bonchev–Trinajstić information content (AvgIpc) is 3.80. The van der Waals surface area contributed by atoms with Crippen LogP contribution in [0.4, 0.5) is 10.1 Å². The normalized spacial score (nSPS) is 18.2. The van der Waals surface area contributed by atoms with Gasteiger partial charge in [-0.05, 0) is 54.5 Å². The SMILES string of the molecule is CCc1c(N2CCN(C(=O)c3cnn(C)c3)CC2)c(=O)n2nc(C3=CCOCC3)nc2n1CC(=O)NC1Cc2ccc(F)cc2C1. The molecule has 1 saturated heterocycles. The van der Waals surface area contributed by atoms with Gasteiger partial charge in [-0.1, -0.05) is 19.1 Å². The minimum atomic E-state index is -0.310. The van der Waals surface area contributed by atoms with Gasteiger partial charge in [0.05, 0.1) is 30.7 Å². The quantitative estimate of drug-likeness (QED) is 0.325. The van der Waals surface area contributed by atoms with Crippen molar-refractivity contribution < 1.29 is 18.7 Å². The zero-order chi connectivity index (χ0) is 31.9. The lowest BCUT2D eigenvalue weighted by molar-refractivity contribution is -0.122. The summed E-state index contributed by atoms with van der Waals surface area (Å²) in [6.07, 6.45) is 7.43. The second kappa shape index (κ2) is 12.2. The molecule has 13 nitrogen and oxygen atoms in total. The van der Waals surface area contributed by atoms with E-state index in [2.05, 4.69) is 15.5 Å². The van der Waals surface area contributed by atoms with Gasteiger partial charge in [0.2, 0.25) is 11.7 Å². The van der Waals surface area contributed by atoms with Crippen LogP contribution in [0.3, 0.4) is 0 Å². The van der Waals surface area contributed by atoms with Crippen molar-refractivity contribution in [1.82, 2.24) is 39.2 Å². The van der Waals surface area contributed by atoms with Gasteiger partial charge in [0.1, 0.15) is 18.0 Å². The number of aryl methyl sites for hydroxylation is 1. The summed E-state index contributed by atoms with van der Waals surface area (Å²) in [7, 11) is 1.77. The first-order valence-electron chi connectivity index (χ1n) is 15.7. The molecule has 240 valence electrons. The van der Waals surface area contributed by atoms with Crippen molar-refractivity contribution >= 4 is 28.9 Å². The Hall–Kier alpha value is -4.85. The zero-order valence-electron chi connectivity index (χ0n) is 25.9. The smallest absolute Gasteiger partial charge is 0.299 e. The number of aromatic nitrogens is 6. The summed E-state index contributed by atoms with van der Waals surface area (Å²) in [5.74, 6) is 0.118. The van der Waals surface area contributed by atoms with E-state index in [1.807, 2.05) is 17.9 Å². The molecule has 0 spiro atoms. The first-order valence-corrected chi connectivity index (χ1v) is 15.7. The highest BCUT2D eigenvalue weighted by molar-refractivity contribution is 5.94. The highest BCUT2D eigenvalue weighted by atomic mass is 19.1. The molecule has 1 aromatic carbocycles. The van der Waals surface area contributed by atoms with E-state index in [0.717, 1.165) is 16.7 Å². The number of nitrogens with one attached hydrogen (secondary N) is 1. The summed E-state index contributed by atoms with van der Waals surface area (Å²) in [6.45, 7) is 4.58. The number of amides is 2. The van der Waals surface area contributed by atoms with Crippen molar-refractivity contribution in [2.75, 3.05) is 44.3 Å². The van der Waals surface area contributed by atoms with Crippen LogP contribution in [0.15, 0.2) is 41.5 Å². The second-order valence-electron chi connectivity index (χ2n) is 12.0. The van der Waals surface area contributed by atoms with Gasteiger partial charge >= 0.3 is 0 Å². The molecule has 0 saturated carbocycles. The number of anilines is 1. The Morgan fingerprint density at radius 2 is 1.93 bits per heavy atom. The Morgan fingerprint density at radius 3 is 2.65 bits per heavy atom. The van der Waals surface area contributed by atoms with E-state index >= 15 is 0 Å². The molecule has 1 fully saturated rings. The number of nitrogens with zero attached hydrogens (tertiary/aromatic N) is 8. The molecule has 1 aliphatic carbocycles. The van der Waals surface area contributed by atoms with E-state index in [4.69, 9.17) is 9.72 Å². The van der Waals surface area contributed by atoms with E-state index in [1.165, 1.54) is 16.6 Å². The molecule has 3 aromatic heterocycles. The number of piperazine rings is 1. The van der Waals surface area contributed by atoms with Crippen LogP contribution in [-0.2, 0) is 42.4 Å². The van der Waals surface area contributed by atoms with Gasteiger partial charge in [0.25, 0.3) is 11.5 Å². The van der Waals surface area contributed by atoms with Gasteiger partial charge < -0.3 is 24.4 Å². The van der Waals surface area contributed by atoms with Gasteiger partial charge in [-0.2, -0.15) is 14.6 Å². The topological polar surface area (TPSA) is 132 Å². The van der Waals surface area contributed by atoms with E-state index in [9.17, 15) is 18.8 Å². The van der Waals surface area contributed by atoms with Crippen molar-refractivity contribution in [3.8, 4) is 0 Å². The number of benzene rings is 1. The highest BCUT2D eigenvalue weighted by Crippen LogP contribution is 2.25. The van der Waals surface area contributed by atoms with E-state index in [1.54, 1.807) is 39.7 Å². The average molecular weight is 630 g/mol. The minimum Gasteiger partial charge on any atom is -0.377 e. The maximum absolute atomic E-state index is 14.2. The number of carbonyl (C=O) groups is 2. The maximum Gasteiger partial charge on any atom is 0.299 e.